The quantitative estimate of drug-likeness (QED) is 0.645. The minimum atomic E-state index is -0.235. The molecular weight excluding hydrogens is 368 g/mol. The van der Waals surface area contributed by atoms with Crippen molar-refractivity contribution in [3.63, 3.8) is 0 Å². The molecule has 1 fully saturated rings. The molecule has 1 N–H and O–H groups in total. The number of benzene rings is 1. The van der Waals surface area contributed by atoms with Gasteiger partial charge in [-0.25, -0.2) is 15.0 Å². The fourth-order valence-electron chi connectivity index (χ4n) is 3.47. The van der Waals surface area contributed by atoms with Crippen LogP contribution in [0.3, 0.4) is 0 Å². The Morgan fingerprint density at radius 1 is 1.14 bits per heavy atom. The van der Waals surface area contributed by atoms with Crippen molar-refractivity contribution in [3.8, 4) is 11.4 Å². The molecule has 0 aliphatic carbocycles. The molecular formula is C21H22N6O2. The topological polar surface area (TPSA) is 93.0 Å². The fraction of sp³-hybridized carbons (Fsp3) is 0.286. The van der Waals surface area contributed by atoms with Crippen molar-refractivity contribution in [2.24, 2.45) is 7.05 Å². The highest BCUT2D eigenvalue weighted by Gasteiger charge is 2.19. The van der Waals surface area contributed by atoms with Crippen LogP contribution in [-0.4, -0.2) is 44.9 Å². The normalized spacial score (nSPS) is 13.5. The molecule has 1 aromatic carbocycles. The van der Waals surface area contributed by atoms with Gasteiger partial charge in [0.05, 0.1) is 17.9 Å². The minimum absolute atomic E-state index is 0.0400. The fourth-order valence-corrected chi connectivity index (χ4v) is 3.47. The number of hydrogen-bond donors (Lipinski definition) is 1. The second kappa shape index (κ2) is 8.22. The maximum absolute atomic E-state index is 12.9. The predicted octanol–water partition coefficient (Wildman–Crippen LogP) is 2.13. The molecule has 1 saturated heterocycles. The first-order chi connectivity index (χ1) is 14.1. The van der Waals surface area contributed by atoms with Crippen LogP contribution in [0.1, 0.15) is 23.2 Å². The van der Waals surface area contributed by atoms with Gasteiger partial charge in [-0.05, 0) is 31.0 Å². The van der Waals surface area contributed by atoms with Gasteiger partial charge in [-0.1, -0.05) is 12.1 Å². The van der Waals surface area contributed by atoms with Crippen LogP contribution >= 0.6 is 0 Å². The molecule has 3 heterocycles. The van der Waals surface area contributed by atoms with Crippen LogP contribution in [0, 0.1) is 0 Å². The highest BCUT2D eigenvalue weighted by Crippen LogP contribution is 2.25. The lowest BCUT2D eigenvalue weighted by Gasteiger charge is -2.21. The Morgan fingerprint density at radius 2 is 1.93 bits per heavy atom. The van der Waals surface area contributed by atoms with E-state index in [1.165, 1.54) is 17.0 Å². The smallest absolute Gasteiger partial charge is 0.255 e. The van der Waals surface area contributed by atoms with Gasteiger partial charge < -0.3 is 10.2 Å². The van der Waals surface area contributed by atoms with Gasteiger partial charge in [-0.2, -0.15) is 0 Å². The number of hydrogen-bond acceptors (Lipinski definition) is 7. The molecule has 1 aliphatic rings. The number of nitrogens with one attached hydrogen (secondary N) is 1. The van der Waals surface area contributed by atoms with E-state index in [-0.39, 0.29) is 17.9 Å². The maximum atomic E-state index is 12.9. The summed E-state index contributed by atoms with van der Waals surface area (Å²) in [4.78, 5) is 40.0. The highest BCUT2D eigenvalue weighted by molar-refractivity contribution is 6.03. The van der Waals surface area contributed by atoms with Gasteiger partial charge in [0.25, 0.3) is 5.56 Å². The summed E-state index contributed by atoms with van der Waals surface area (Å²) in [5.41, 5.74) is 2.39. The third-order valence-corrected chi connectivity index (χ3v) is 5.04. The Balaban J connectivity index is 1.56. The molecule has 0 bridgehead atoms. The Bertz CT molecular complexity index is 1070. The summed E-state index contributed by atoms with van der Waals surface area (Å²) >= 11 is 0. The first-order valence-corrected chi connectivity index (χ1v) is 9.59. The third kappa shape index (κ3) is 4.01. The molecule has 1 aliphatic heterocycles. The number of anilines is 2. The molecule has 8 nitrogen and oxygen atoms in total. The Kier molecular flexibility index (Phi) is 5.33. The monoisotopic (exact) mass is 390 g/mol. The first kappa shape index (κ1) is 18.8. The first-order valence-electron chi connectivity index (χ1n) is 9.59. The molecule has 0 unspecified atom stereocenters. The molecule has 2 aromatic heterocycles. The van der Waals surface area contributed by atoms with Crippen molar-refractivity contribution in [2.75, 3.05) is 29.9 Å². The Labute approximate surface area is 168 Å². The van der Waals surface area contributed by atoms with Crippen LogP contribution in [0.5, 0.6) is 0 Å². The minimum Gasteiger partial charge on any atom is -0.371 e. The summed E-state index contributed by atoms with van der Waals surface area (Å²) in [6, 6.07) is 10.8. The lowest BCUT2D eigenvalue weighted by Crippen LogP contribution is -2.26. The van der Waals surface area contributed by atoms with E-state index in [9.17, 15) is 9.59 Å². The Hall–Kier alpha value is -3.55. The summed E-state index contributed by atoms with van der Waals surface area (Å²) in [7, 11) is 1.62. The van der Waals surface area contributed by atoms with Crippen molar-refractivity contribution in [1.82, 2.24) is 19.5 Å². The van der Waals surface area contributed by atoms with E-state index in [0.29, 0.717) is 22.9 Å². The van der Waals surface area contributed by atoms with Crippen LogP contribution < -0.4 is 15.8 Å². The molecule has 4 rings (SSSR count). The zero-order chi connectivity index (χ0) is 20.2. The number of para-hydroxylation sites is 1. The number of ketones is 1. The summed E-state index contributed by atoms with van der Waals surface area (Å²) in [5, 5.41) is 3.02. The van der Waals surface area contributed by atoms with Crippen LogP contribution in [-0.2, 0) is 7.05 Å². The van der Waals surface area contributed by atoms with Crippen LogP contribution in [0.15, 0.2) is 53.7 Å². The lowest BCUT2D eigenvalue weighted by atomic mass is 10.1. The number of Topliss-reactive ketones (excluding diaryl/α,β-unsaturated/α-hetero) is 1. The van der Waals surface area contributed by atoms with Crippen LogP contribution in [0.4, 0.5) is 11.6 Å². The molecule has 0 amide bonds. The van der Waals surface area contributed by atoms with Gasteiger partial charge in [-0.15, -0.1) is 0 Å². The highest BCUT2D eigenvalue weighted by atomic mass is 16.1. The number of carbonyl (C=O) groups excluding carboxylic acids is 1. The second-order valence-corrected chi connectivity index (χ2v) is 6.94. The lowest BCUT2D eigenvalue weighted by molar-refractivity contribution is 0.101. The largest absolute Gasteiger partial charge is 0.371 e. The zero-order valence-electron chi connectivity index (χ0n) is 16.2. The molecule has 8 heteroatoms. The van der Waals surface area contributed by atoms with Gasteiger partial charge in [0.2, 0.25) is 5.95 Å². The number of nitrogens with zero attached hydrogens (tertiary/aromatic N) is 5. The van der Waals surface area contributed by atoms with Crippen molar-refractivity contribution < 1.29 is 4.79 Å². The summed E-state index contributed by atoms with van der Waals surface area (Å²) in [5.74, 6) is 0.271. The van der Waals surface area contributed by atoms with Crippen molar-refractivity contribution in [1.29, 1.82) is 0 Å². The molecule has 0 atom stereocenters. The van der Waals surface area contributed by atoms with Gasteiger partial charge >= 0.3 is 0 Å². The van der Waals surface area contributed by atoms with E-state index in [0.717, 1.165) is 31.6 Å². The summed E-state index contributed by atoms with van der Waals surface area (Å²) < 4.78 is 1.38. The number of aromatic nitrogens is 4. The molecule has 0 spiro atoms. The average molecular weight is 390 g/mol. The van der Waals surface area contributed by atoms with Gasteiger partial charge in [-0.3, -0.25) is 14.2 Å². The van der Waals surface area contributed by atoms with E-state index in [1.54, 1.807) is 19.3 Å². The van der Waals surface area contributed by atoms with Gasteiger partial charge in [0.1, 0.15) is 6.33 Å². The molecule has 0 radical (unpaired) electrons. The zero-order valence-corrected chi connectivity index (χ0v) is 16.2. The molecule has 148 valence electrons. The van der Waals surface area contributed by atoms with Crippen LogP contribution in [0.2, 0.25) is 0 Å². The van der Waals surface area contributed by atoms with E-state index in [1.807, 2.05) is 24.3 Å². The maximum Gasteiger partial charge on any atom is 0.255 e. The number of carbonyl (C=O) groups is 1. The third-order valence-electron chi connectivity index (χ3n) is 5.04. The standard InChI is InChI=1S/C21H22N6O2/c1-26-20(29)12-17(16-8-9-22-14-24-16)25-21(26)23-13-19(28)15-6-2-3-7-18(15)27-10-4-5-11-27/h2-3,6-9,12,14H,4-5,10-11,13H2,1H3,(H,23,25). The summed E-state index contributed by atoms with van der Waals surface area (Å²) in [6.07, 6.45) is 5.28. The van der Waals surface area contributed by atoms with Gasteiger partial charge in [0, 0.05) is 43.7 Å². The molecule has 29 heavy (non-hydrogen) atoms. The van der Waals surface area contributed by atoms with E-state index < -0.39 is 0 Å². The van der Waals surface area contributed by atoms with Crippen molar-refractivity contribution >= 4 is 17.4 Å². The van der Waals surface area contributed by atoms with Crippen molar-refractivity contribution in [2.45, 2.75) is 12.8 Å². The average Bonchev–Trinajstić information content (AvgIpc) is 3.30. The van der Waals surface area contributed by atoms with Crippen LogP contribution in [0.25, 0.3) is 11.4 Å². The van der Waals surface area contributed by atoms with Crippen molar-refractivity contribution in [3.05, 3.63) is 64.8 Å². The van der Waals surface area contributed by atoms with Gasteiger partial charge in [0.15, 0.2) is 5.78 Å². The van der Waals surface area contributed by atoms with E-state index >= 15 is 0 Å². The Morgan fingerprint density at radius 3 is 2.69 bits per heavy atom. The second-order valence-electron chi connectivity index (χ2n) is 6.94. The molecule has 0 saturated carbocycles. The number of rotatable bonds is 6. The van der Waals surface area contributed by atoms with E-state index in [2.05, 4.69) is 25.2 Å². The van der Waals surface area contributed by atoms with E-state index in [4.69, 9.17) is 0 Å². The molecule has 3 aromatic rings. The SMILES string of the molecule is Cn1c(NCC(=O)c2ccccc2N2CCCC2)nc(-c2ccncn2)cc1=O. The summed E-state index contributed by atoms with van der Waals surface area (Å²) in [6.45, 7) is 1.97. The predicted molar refractivity (Wildman–Crippen MR) is 111 cm³/mol.